The third-order valence-corrected chi connectivity index (χ3v) is 5.41. The Hall–Kier alpha value is -2.57. The summed E-state index contributed by atoms with van der Waals surface area (Å²) in [6.07, 6.45) is 4.41. The topological polar surface area (TPSA) is 67.9 Å². The highest BCUT2D eigenvalue weighted by Crippen LogP contribution is 2.29. The highest BCUT2D eigenvalue weighted by molar-refractivity contribution is 6.00. The van der Waals surface area contributed by atoms with E-state index in [1.807, 2.05) is 19.1 Å². The third kappa shape index (κ3) is 7.53. The fraction of sp³-hybridized carbons (Fsp3) is 0.440. The maximum absolute atomic E-state index is 12.5. The molecule has 2 aromatic carbocycles. The Morgan fingerprint density at radius 1 is 1.12 bits per heavy atom. The summed E-state index contributed by atoms with van der Waals surface area (Å²) < 4.78 is 11.0. The van der Waals surface area contributed by atoms with E-state index >= 15 is 0 Å². The van der Waals surface area contributed by atoms with Gasteiger partial charge in [-0.15, -0.1) is 12.4 Å². The summed E-state index contributed by atoms with van der Waals surface area (Å²) in [5.74, 6) is 1.50. The van der Waals surface area contributed by atoms with Crippen LogP contribution in [0.5, 0.6) is 11.5 Å². The molecule has 32 heavy (non-hydrogen) atoms. The summed E-state index contributed by atoms with van der Waals surface area (Å²) in [6.45, 7) is 4.69. The number of carbonyl (C=O) groups excluding carboxylic acids is 2. The van der Waals surface area contributed by atoms with Crippen molar-refractivity contribution in [3.05, 3.63) is 53.6 Å². The number of nitrogens with one attached hydrogen (secondary N) is 1. The van der Waals surface area contributed by atoms with Gasteiger partial charge in [0.15, 0.2) is 12.4 Å². The Kier molecular flexibility index (Phi) is 10.5. The van der Waals surface area contributed by atoms with E-state index in [9.17, 15) is 9.59 Å². The van der Waals surface area contributed by atoms with Gasteiger partial charge in [0.05, 0.1) is 12.3 Å². The molecule has 7 heteroatoms. The molecule has 0 radical (unpaired) electrons. The first-order valence-electron chi connectivity index (χ1n) is 11.1. The smallest absolute Gasteiger partial charge is 0.262 e. The second-order valence-electron chi connectivity index (χ2n) is 7.88. The van der Waals surface area contributed by atoms with Gasteiger partial charge in [-0.25, -0.2) is 0 Å². The van der Waals surface area contributed by atoms with E-state index in [0.29, 0.717) is 30.0 Å². The van der Waals surface area contributed by atoms with Gasteiger partial charge in [0.1, 0.15) is 11.5 Å². The predicted octanol–water partition coefficient (Wildman–Crippen LogP) is 4.76. The molecule has 0 fully saturated rings. The van der Waals surface area contributed by atoms with Crippen LogP contribution in [0.25, 0.3) is 0 Å². The molecule has 0 aliphatic carbocycles. The molecule has 0 aromatic heterocycles. The van der Waals surface area contributed by atoms with Crippen molar-refractivity contribution in [2.45, 2.75) is 39.0 Å². The number of hydrogen-bond acceptors (Lipinski definition) is 5. The van der Waals surface area contributed by atoms with E-state index in [0.717, 1.165) is 44.5 Å². The Labute approximate surface area is 196 Å². The fourth-order valence-corrected chi connectivity index (χ4v) is 3.67. The first kappa shape index (κ1) is 25.7. The van der Waals surface area contributed by atoms with E-state index < -0.39 is 0 Å². The predicted molar refractivity (Wildman–Crippen MR) is 129 cm³/mol. The van der Waals surface area contributed by atoms with Crippen LogP contribution in [0.2, 0.25) is 0 Å². The number of ether oxygens (including phenoxy) is 2. The molecule has 174 valence electrons. The number of rotatable bonds is 12. The SMILES string of the molecule is CCOc1ccccc1CCN(C)CCCCCC(=O)c1ccc2c(c1)NC(=O)CO2.Cl. The minimum Gasteiger partial charge on any atom is -0.494 e. The van der Waals surface area contributed by atoms with Crippen LogP contribution in [0.4, 0.5) is 5.69 Å². The number of halogens is 1. The molecular formula is C25H33ClN2O4. The van der Waals surface area contributed by atoms with Crippen molar-refractivity contribution in [3.8, 4) is 11.5 Å². The van der Waals surface area contributed by atoms with E-state index in [2.05, 4.69) is 29.4 Å². The zero-order valence-corrected chi connectivity index (χ0v) is 19.7. The van der Waals surface area contributed by atoms with E-state index in [1.54, 1.807) is 18.2 Å². The standard InChI is InChI=1S/C25H32N2O4.ClH/c1-3-30-23-11-7-6-9-19(23)14-16-27(2)15-8-4-5-10-22(28)20-12-13-24-21(17-20)26-25(29)18-31-24;/h6-7,9,11-13,17H,3-5,8,10,14-16,18H2,1-2H3,(H,26,29);1H. The largest absolute Gasteiger partial charge is 0.494 e. The van der Waals surface area contributed by atoms with Crippen molar-refractivity contribution in [1.29, 1.82) is 0 Å². The maximum atomic E-state index is 12.5. The molecule has 0 unspecified atom stereocenters. The van der Waals surface area contributed by atoms with Gasteiger partial charge in [-0.05, 0) is 69.6 Å². The average Bonchev–Trinajstić information content (AvgIpc) is 2.77. The number of unbranched alkanes of at least 4 members (excludes halogenated alkanes) is 2. The summed E-state index contributed by atoms with van der Waals surface area (Å²) in [5, 5.41) is 2.75. The number of nitrogens with zero attached hydrogens (tertiary/aromatic N) is 1. The maximum Gasteiger partial charge on any atom is 0.262 e. The lowest BCUT2D eigenvalue weighted by molar-refractivity contribution is -0.118. The van der Waals surface area contributed by atoms with Crippen molar-refractivity contribution < 1.29 is 19.1 Å². The number of para-hydroxylation sites is 1. The molecule has 1 N–H and O–H groups in total. The fourth-order valence-electron chi connectivity index (χ4n) is 3.67. The minimum absolute atomic E-state index is 0. The number of anilines is 1. The molecule has 1 amide bonds. The minimum atomic E-state index is -0.192. The van der Waals surface area contributed by atoms with Gasteiger partial charge in [-0.2, -0.15) is 0 Å². The van der Waals surface area contributed by atoms with Gasteiger partial charge in [0.2, 0.25) is 0 Å². The Bertz CT molecular complexity index is 903. The summed E-state index contributed by atoms with van der Waals surface area (Å²) in [6, 6.07) is 13.4. The van der Waals surface area contributed by atoms with Crippen molar-refractivity contribution in [1.82, 2.24) is 4.90 Å². The number of likely N-dealkylation sites (N-methyl/N-ethyl adjacent to an activating group) is 1. The second-order valence-corrected chi connectivity index (χ2v) is 7.88. The molecule has 6 nitrogen and oxygen atoms in total. The molecule has 1 heterocycles. The quantitative estimate of drug-likeness (QED) is 0.365. The van der Waals surface area contributed by atoms with Gasteiger partial charge < -0.3 is 19.7 Å². The van der Waals surface area contributed by atoms with Gasteiger partial charge in [-0.1, -0.05) is 24.6 Å². The number of hydrogen-bond donors (Lipinski definition) is 1. The van der Waals surface area contributed by atoms with Gasteiger partial charge in [0, 0.05) is 18.5 Å². The van der Waals surface area contributed by atoms with Crippen molar-refractivity contribution >= 4 is 29.8 Å². The average molecular weight is 461 g/mol. The van der Waals surface area contributed by atoms with Crippen LogP contribution in [0.3, 0.4) is 0 Å². The monoisotopic (exact) mass is 460 g/mol. The van der Waals surface area contributed by atoms with Crippen LogP contribution in [-0.4, -0.2) is 49.9 Å². The lowest BCUT2D eigenvalue weighted by Gasteiger charge is -2.18. The molecule has 0 saturated heterocycles. The van der Waals surface area contributed by atoms with Crippen LogP contribution in [0.1, 0.15) is 48.5 Å². The van der Waals surface area contributed by atoms with Crippen molar-refractivity contribution in [3.63, 3.8) is 0 Å². The third-order valence-electron chi connectivity index (χ3n) is 5.41. The first-order valence-corrected chi connectivity index (χ1v) is 11.1. The second kappa shape index (κ2) is 13.1. The van der Waals surface area contributed by atoms with Gasteiger partial charge in [-0.3, -0.25) is 9.59 Å². The van der Waals surface area contributed by atoms with E-state index in [4.69, 9.17) is 9.47 Å². The highest BCUT2D eigenvalue weighted by atomic mass is 35.5. The van der Waals surface area contributed by atoms with Crippen LogP contribution in [-0.2, 0) is 11.2 Å². The molecule has 3 rings (SSSR count). The number of amides is 1. The summed E-state index contributed by atoms with van der Waals surface area (Å²) in [5.41, 5.74) is 2.44. The Morgan fingerprint density at radius 3 is 2.75 bits per heavy atom. The molecule has 0 bridgehead atoms. The van der Waals surface area contributed by atoms with Crippen LogP contribution >= 0.6 is 12.4 Å². The zero-order valence-electron chi connectivity index (χ0n) is 18.9. The number of Topliss-reactive ketones (excluding diaryl/α,β-unsaturated/α-hetero) is 1. The molecule has 0 spiro atoms. The molecule has 0 saturated carbocycles. The molecule has 1 aliphatic rings. The number of ketones is 1. The van der Waals surface area contributed by atoms with Crippen LogP contribution < -0.4 is 14.8 Å². The Balaban J connectivity index is 0.00000363. The normalized spacial score (nSPS) is 12.4. The van der Waals surface area contributed by atoms with Gasteiger partial charge in [0.25, 0.3) is 5.91 Å². The van der Waals surface area contributed by atoms with Crippen LogP contribution in [0, 0.1) is 0 Å². The lowest BCUT2D eigenvalue weighted by atomic mass is 10.0. The molecular weight excluding hydrogens is 428 g/mol. The molecule has 0 atom stereocenters. The zero-order chi connectivity index (χ0) is 22.1. The number of carbonyl (C=O) groups is 2. The number of fused-ring (bicyclic) bond motifs is 1. The summed E-state index contributed by atoms with van der Waals surface area (Å²) in [7, 11) is 2.14. The van der Waals surface area contributed by atoms with Crippen LogP contribution in [0.15, 0.2) is 42.5 Å². The van der Waals surface area contributed by atoms with Gasteiger partial charge >= 0.3 is 0 Å². The molecule has 1 aliphatic heterocycles. The number of benzene rings is 2. The summed E-state index contributed by atoms with van der Waals surface area (Å²) >= 11 is 0. The van der Waals surface area contributed by atoms with E-state index in [1.165, 1.54) is 5.56 Å². The lowest BCUT2D eigenvalue weighted by Crippen LogP contribution is -2.25. The Morgan fingerprint density at radius 2 is 1.94 bits per heavy atom. The van der Waals surface area contributed by atoms with E-state index in [-0.39, 0.29) is 30.7 Å². The van der Waals surface area contributed by atoms with Crippen molar-refractivity contribution in [2.24, 2.45) is 0 Å². The summed E-state index contributed by atoms with van der Waals surface area (Å²) in [4.78, 5) is 26.3. The first-order chi connectivity index (χ1) is 15.1. The van der Waals surface area contributed by atoms with Crippen molar-refractivity contribution in [2.75, 3.05) is 38.7 Å². The molecule has 2 aromatic rings. The highest BCUT2D eigenvalue weighted by Gasteiger charge is 2.17.